The monoisotopic (exact) mass is 365 g/mol. The molecule has 0 unspecified atom stereocenters. The maximum atomic E-state index is 5.29. The van der Waals surface area contributed by atoms with Crippen molar-refractivity contribution in [2.45, 2.75) is 20.4 Å². The Morgan fingerprint density at radius 2 is 2.14 bits per heavy atom. The molecule has 3 rings (SSSR count). The lowest BCUT2D eigenvalue weighted by molar-refractivity contribution is 0.414. The summed E-state index contributed by atoms with van der Waals surface area (Å²) < 4.78 is 8.49. The van der Waals surface area contributed by atoms with Crippen LogP contribution < -0.4 is 10.1 Å². The molecule has 1 aromatic carbocycles. The minimum Gasteiger partial charge on any atom is -0.497 e. The van der Waals surface area contributed by atoms with Crippen LogP contribution in [0, 0.1) is 13.8 Å². The third-order valence-electron chi connectivity index (χ3n) is 3.40. The number of ether oxygens (including phenoxy) is 1. The van der Waals surface area contributed by atoms with Crippen molar-refractivity contribution in [3.63, 3.8) is 0 Å². The average molecular weight is 366 g/mol. The average Bonchev–Trinajstić information content (AvgIpc) is 2.95. The van der Waals surface area contributed by atoms with E-state index in [-0.39, 0.29) is 0 Å². The van der Waals surface area contributed by atoms with E-state index in [0.29, 0.717) is 0 Å². The summed E-state index contributed by atoms with van der Waals surface area (Å²) in [6.07, 6.45) is 0. The summed E-state index contributed by atoms with van der Waals surface area (Å²) in [5, 5.41) is 5.58. The van der Waals surface area contributed by atoms with Gasteiger partial charge in [-0.3, -0.25) is 4.40 Å². The Bertz CT molecular complexity index is 794. The van der Waals surface area contributed by atoms with E-state index in [1.807, 2.05) is 18.2 Å². The minimum absolute atomic E-state index is 0.726. The van der Waals surface area contributed by atoms with E-state index in [1.165, 1.54) is 11.4 Å². The number of aryl methyl sites for hydroxylation is 2. The molecule has 0 bridgehead atoms. The van der Waals surface area contributed by atoms with Gasteiger partial charge in [0.2, 0.25) is 0 Å². The number of anilines is 1. The van der Waals surface area contributed by atoms with Gasteiger partial charge in [-0.1, -0.05) is 15.9 Å². The van der Waals surface area contributed by atoms with Crippen molar-refractivity contribution in [2.24, 2.45) is 0 Å². The molecule has 0 aliphatic rings. The number of imidazole rings is 1. The minimum atomic E-state index is 0.726. The fraction of sp³-hybridized carbons (Fsp3) is 0.267. The van der Waals surface area contributed by atoms with Gasteiger partial charge in [-0.2, -0.15) is 0 Å². The summed E-state index contributed by atoms with van der Waals surface area (Å²) in [7, 11) is 1.67. The van der Waals surface area contributed by atoms with E-state index in [9.17, 15) is 0 Å². The molecule has 2 heterocycles. The quantitative estimate of drug-likeness (QED) is 0.744. The number of hydrogen-bond acceptors (Lipinski definition) is 4. The predicted molar refractivity (Wildman–Crippen MR) is 90.6 cm³/mol. The Labute approximate surface area is 135 Å². The first-order valence-electron chi connectivity index (χ1n) is 6.59. The van der Waals surface area contributed by atoms with Crippen LogP contribution in [0.4, 0.5) is 5.69 Å². The first-order valence-corrected chi connectivity index (χ1v) is 8.26. The maximum absolute atomic E-state index is 5.29. The fourth-order valence-corrected chi connectivity index (χ4v) is 3.75. The Morgan fingerprint density at radius 1 is 1.33 bits per heavy atom. The molecule has 0 radical (unpaired) electrons. The Kier molecular flexibility index (Phi) is 3.91. The molecule has 3 aromatic rings. The molecule has 0 amide bonds. The number of halogens is 1. The Balaban J connectivity index is 1.88. The van der Waals surface area contributed by atoms with Gasteiger partial charge in [-0.05, 0) is 26.0 Å². The normalized spacial score (nSPS) is 11.0. The number of rotatable bonds is 4. The SMILES string of the molecule is COc1cc(Br)cc(NCc2c(C)nc3scc(C)n23)c1. The summed E-state index contributed by atoms with van der Waals surface area (Å²) in [6.45, 7) is 4.89. The lowest BCUT2D eigenvalue weighted by Crippen LogP contribution is -2.05. The molecule has 0 aliphatic carbocycles. The molecular weight excluding hydrogens is 350 g/mol. The first-order chi connectivity index (χ1) is 10.1. The molecule has 0 saturated carbocycles. The van der Waals surface area contributed by atoms with E-state index in [1.54, 1.807) is 18.4 Å². The highest BCUT2D eigenvalue weighted by molar-refractivity contribution is 9.10. The predicted octanol–water partition coefficient (Wildman–Crippen LogP) is 4.40. The fourth-order valence-electron chi connectivity index (χ4n) is 2.34. The van der Waals surface area contributed by atoms with Crippen molar-refractivity contribution in [1.29, 1.82) is 0 Å². The van der Waals surface area contributed by atoms with Crippen molar-refractivity contribution >= 4 is 37.9 Å². The number of methoxy groups -OCH3 is 1. The molecular formula is C15H16BrN3OS. The van der Waals surface area contributed by atoms with E-state index >= 15 is 0 Å². The van der Waals surface area contributed by atoms with Gasteiger partial charge in [0.05, 0.1) is 25.0 Å². The van der Waals surface area contributed by atoms with Crippen LogP contribution in [0.2, 0.25) is 0 Å². The maximum Gasteiger partial charge on any atom is 0.194 e. The van der Waals surface area contributed by atoms with Gasteiger partial charge in [-0.15, -0.1) is 11.3 Å². The first kappa shape index (κ1) is 14.4. The largest absolute Gasteiger partial charge is 0.497 e. The Morgan fingerprint density at radius 3 is 2.90 bits per heavy atom. The van der Waals surface area contributed by atoms with E-state index < -0.39 is 0 Å². The summed E-state index contributed by atoms with van der Waals surface area (Å²) >= 11 is 5.17. The summed E-state index contributed by atoms with van der Waals surface area (Å²) in [6, 6.07) is 5.96. The number of nitrogens with zero attached hydrogens (tertiary/aromatic N) is 2. The number of hydrogen-bond donors (Lipinski definition) is 1. The topological polar surface area (TPSA) is 38.6 Å². The van der Waals surface area contributed by atoms with Gasteiger partial charge in [0.15, 0.2) is 4.96 Å². The van der Waals surface area contributed by atoms with E-state index in [2.05, 4.69) is 49.9 Å². The van der Waals surface area contributed by atoms with Gasteiger partial charge in [0.25, 0.3) is 0 Å². The molecule has 0 saturated heterocycles. The molecule has 4 nitrogen and oxygen atoms in total. The smallest absolute Gasteiger partial charge is 0.194 e. The van der Waals surface area contributed by atoms with Gasteiger partial charge in [0, 0.05) is 27.3 Å². The molecule has 2 aromatic heterocycles. The molecule has 110 valence electrons. The van der Waals surface area contributed by atoms with Crippen LogP contribution in [0.15, 0.2) is 28.1 Å². The third-order valence-corrected chi connectivity index (χ3v) is 4.80. The summed E-state index contributed by atoms with van der Waals surface area (Å²) in [5.74, 6) is 0.828. The van der Waals surface area contributed by atoms with Gasteiger partial charge >= 0.3 is 0 Å². The molecule has 0 fully saturated rings. The molecule has 21 heavy (non-hydrogen) atoms. The number of thiazole rings is 1. The molecule has 1 N–H and O–H groups in total. The van der Waals surface area contributed by atoms with Crippen molar-refractivity contribution in [3.05, 3.63) is 45.1 Å². The van der Waals surface area contributed by atoms with Crippen LogP contribution in [0.3, 0.4) is 0 Å². The number of fused-ring (bicyclic) bond motifs is 1. The van der Waals surface area contributed by atoms with E-state index in [0.717, 1.165) is 33.1 Å². The lowest BCUT2D eigenvalue weighted by Gasteiger charge is -2.10. The number of nitrogens with one attached hydrogen (secondary N) is 1. The van der Waals surface area contributed by atoms with E-state index in [4.69, 9.17) is 4.74 Å². The number of benzene rings is 1. The van der Waals surface area contributed by atoms with Crippen LogP contribution in [0.1, 0.15) is 17.1 Å². The van der Waals surface area contributed by atoms with Gasteiger partial charge in [-0.25, -0.2) is 4.98 Å². The third kappa shape index (κ3) is 2.78. The highest BCUT2D eigenvalue weighted by Crippen LogP contribution is 2.26. The Hall–Kier alpha value is -1.53. The lowest BCUT2D eigenvalue weighted by atomic mass is 10.2. The second kappa shape index (κ2) is 5.69. The summed E-state index contributed by atoms with van der Waals surface area (Å²) in [4.78, 5) is 5.65. The molecule has 6 heteroatoms. The second-order valence-corrected chi connectivity index (χ2v) is 6.62. The zero-order valence-electron chi connectivity index (χ0n) is 12.1. The van der Waals surface area contributed by atoms with Crippen molar-refractivity contribution in [1.82, 2.24) is 9.38 Å². The van der Waals surface area contributed by atoms with Crippen LogP contribution in [0.25, 0.3) is 4.96 Å². The summed E-state index contributed by atoms with van der Waals surface area (Å²) in [5.41, 5.74) is 4.50. The van der Waals surface area contributed by atoms with Crippen LogP contribution in [0.5, 0.6) is 5.75 Å². The second-order valence-electron chi connectivity index (χ2n) is 4.87. The molecule has 0 aliphatic heterocycles. The van der Waals surface area contributed by atoms with Gasteiger partial charge < -0.3 is 10.1 Å². The van der Waals surface area contributed by atoms with Crippen molar-refractivity contribution < 1.29 is 4.74 Å². The standard InChI is InChI=1S/C15H16BrN3OS/c1-9-8-21-15-18-10(2)14(19(9)15)7-17-12-4-11(16)5-13(6-12)20-3/h4-6,8,17H,7H2,1-3H3. The zero-order chi connectivity index (χ0) is 15.0. The van der Waals surface area contributed by atoms with Crippen LogP contribution in [-0.2, 0) is 6.54 Å². The van der Waals surface area contributed by atoms with Crippen molar-refractivity contribution in [3.8, 4) is 5.75 Å². The zero-order valence-corrected chi connectivity index (χ0v) is 14.5. The highest BCUT2D eigenvalue weighted by atomic mass is 79.9. The highest BCUT2D eigenvalue weighted by Gasteiger charge is 2.12. The molecule has 0 atom stereocenters. The van der Waals surface area contributed by atoms with Crippen molar-refractivity contribution in [2.75, 3.05) is 12.4 Å². The van der Waals surface area contributed by atoms with Crippen LogP contribution >= 0.6 is 27.3 Å². The van der Waals surface area contributed by atoms with Gasteiger partial charge in [0.1, 0.15) is 5.75 Å². The number of aromatic nitrogens is 2. The molecule has 0 spiro atoms. The van der Waals surface area contributed by atoms with Crippen LogP contribution in [-0.4, -0.2) is 16.5 Å².